The van der Waals surface area contributed by atoms with Crippen molar-refractivity contribution in [3.05, 3.63) is 48.5 Å². The Hall–Kier alpha value is -2.11. The molecule has 0 saturated carbocycles. The van der Waals surface area contributed by atoms with Gasteiger partial charge in [0.2, 0.25) is 0 Å². The quantitative estimate of drug-likeness (QED) is 0.732. The zero-order valence-corrected chi connectivity index (χ0v) is 14.0. The Kier molecular flexibility index (Phi) is 3.67. The third-order valence-corrected chi connectivity index (χ3v) is 4.94. The van der Waals surface area contributed by atoms with Crippen molar-refractivity contribution in [1.29, 1.82) is 0 Å². The number of para-hydroxylation sites is 3. The van der Waals surface area contributed by atoms with E-state index in [0.29, 0.717) is 0 Å². The van der Waals surface area contributed by atoms with Crippen molar-refractivity contribution >= 4 is 34.3 Å². The molecule has 4 nitrogen and oxygen atoms in total. The molecule has 0 spiro atoms. The number of benzene rings is 2. The van der Waals surface area contributed by atoms with Crippen LogP contribution < -0.4 is 4.90 Å². The van der Waals surface area contributed by atoms with Gasteiger partial charge in [0.1, 0.15) is 5.03 Å². The summed E-state index contributed by atoms with van der Waals surface area (Å²) < 4.78 is 0. The van der Waals surface area contributed by atoms with Gasteiger partial charge in [0.25, 0.3) is 0 Å². The maximum atomic E-state index is 4.90. The van der Waals surface area contributed by atoms with E-state index in [1.54, 1.807) is 11.8 Å². The summed E-state index contributed by atoms with van der Waals surface area (Å²) in [5.41, 5.74) is 3.11. The van der Waals surface area contributed by atoms with Crippen molar-refractivity contribution in [3.63, 3.8) is 0 Å². The first-order chi connectivity index (χ1) is 11.2. The molecule has 5 heteroatoms. The topological polar surface area (TPSA) is 32.3 Å². The molecular weight excluding hydrogens is 304 g/mol. The minimum absolute atomic E-state index is 0.893. The van der Waals surface area contributed by atoms with Crippen LogP contribution in [0.1, 0.15) is 0 Å². The molecule has 0 aliphatic carbocycles. The Balaban J connectivity index is 1.86. The second-order valence-corrected chi connectivity index (χ2v) is 6.90. The highest BCUT2D eigenvalue weighted by Gasteiger charge is 2.26. The molecule has 1 aliphatic rings. The summed E-state index contributed by atoms with van der Waals surface area (Å²) in [4.78, 5) is 15.5. The van der Waals surface area contributed by atoms with Gasteiger partial charge in [-0.05, 0) is 38.4 Å². The van der Waals surface area contributed by atoms with Crippen molar-refractivity contribution in [1.82, 2.24) is 14.9 Å². The SMILES string of the molecule is CN(C)CCN1c2ccccc2Sc2nc3ccccc3nc21. The zero-order chi connectivity index (χ0) is 15.8. The molecule has 0 atom stereocenters. The molecule has 23 heavy (non-hydrogen) atoms. The van der Waals surface area contributed by atoms with Crippen molar-refractivity contribution in [2.24, 2.45) is 0 Å². The maximum Gasteiger partial charge on any atom is 0.166 e. The van der Waals surface area contributed by atoms with Crippen LogP contribution in [0.25, 0.3) is 11.0 Å². The monoisotopic (exact) mass is 322 g/mol. The van der Waals surface area contributed by atoms with Crippen LogP contribution >= 0.6 is 11.8 Å². The number of fused-ring (bicyclic) bond motifs is 3. The van der Waals surface area contributed by atoms with E-state index < -0.39 is 0 Å². The van der Waals surface area contributed by atoms with E-state index >= 15 is 0 Å². The van der Waals surface area contributed by atoms with Crippen LogP contribution in [0.3, 0.4) is 0 Å². The Morgan fingerprint density at radius 3 is 2.43 bits per heavy atom. The van der Waals surface area contributed by atoms with Gasteiger partial charge < -0.3 is 9.80 Å². The second-order valence-electron chi connectivity index (χ2n) is 5.87. The van der Waals surface area contributed by atoms with Gasteiger partial charge in [-0.2, -0.15) is 0 Å². The Labute approximate surface area is 140 Å². The predicted molar refractivity (Wildman–Crippen MR) is 95.7 cm³/mol. The van der Waals surface area contributed by atoms with E-state index in [9.17, 15) is 0 Å². The normalized spacial score (nSPS) is 13.3. The van der Waals surface area contributed by atoms with Crippen molar-refractivity contribution in [2.75, 3.05) is 32.1 Å². The lowest BCUT2D eigenvalue weighted by atomic mass is 10.2. The maximum absolute atomic E-state index is 4.90. The first-order valence-corrected chi connectivity index (χ1v) is 8.50. The van der Waals surface area contributed by atoms with Crippen LogP contribution in [0.15, 0.2) is 58.5 Å². The molecule has 0 bridgehead atoms. The summed E-state index contributed by atoms with van der Waals surface area (Å²) in [6, 6.07) is 16.6. The first-order valence-electron chi connectivity index (χ1n) is 7.68. The highest BCUT2D eigenvalue weighted by molar-refractivity contribution is 7.99. The number of nitrogens with zero attached hydrogens (tertiary/aromatic N) is 4. The molecule has 3 aromatic rings. The molecule has 2 aromatic carbocycles. The lowest BCUT2D eigenvalue weighted by Crippen LogP contribution is -2.30. The predicted octanol–water partition coefficient (Wildman–Crippen LogP) is 3.79. The van der Waals surface area contributed by atoms with Crippen LogP contribution in [0.5, 0.6) is 0 Å². The van der Waals surface area contributed by atoms with Crippen molar-refractivity contribution in [3.8, 4) is 0 Å². The molecule has 2 heterocycles. The van der Waals surface area contributed by atoms with Crippen LogP contribution in [0, 0.1) is 0 Å². The minimum Gasteiger partial charge on any atom is -0.322 e. The number of anilines is 2. The summed E-state index contributed by atoms with van der Waals surface area (Å²) in [6.07, 6.45) is 0. The summed E-state index contributed by atoms with van der Waals surface area (Å²) in [6.45, 7) is 1.86. The molecule has 0 amide bonds. The average Bonchev–Trinajstić information content (AvgIpc) is 2.56. The molecule has 116 valence electrons. The molecule has 0 unspecified atom stereocenters. The number of hydrogen-bond acceptors (Lipinski definition) is 5. The van der Waals surface area contributed by atoms with Crippen LogP contribution in [-0.4, -0.2) is 42.1 Å². The molecule has 4 rings (SSSR count). The number of rotatable bonds is 3. The van der Waals surface area contributed by atoms with Crippen molar-refractivity contribution in [2.45, 2.75) is 9.92 Å². The highest BCUT2D eigenvalue weighted by atomic mass is 32.2. The summed E-state index contributed by atoms with van der Waals surface area (Å²) in [7, 11) is 4.19. The van der Waals surface area contributed by atoms with E-state index in [-0.39, 0.29) is 0 Å². The molecule has 0 radical (unpaired) electrons. The summed E-state index contributed by atoms with van der Waals surface area (Å²) in [5, 5.41) is 0.987. The number of hydrogen-bond donors (Lipinski definition) is 0. The smallest absolute Gasteiger partial charge is 0.166 e. The van der Waals surface area contributed by atoms with Gasteiger partial charge >= 0.3 is 0 Å². The van der Waals surface area contributed by atoms with E-state index in [4.69, 9.17) is 9.97 Å². The van der Waals surface area contributed by atoms with Crippen LogP contribution in [0.2, 0.25) is 0 Å². The number of aromatic nitrogens is 2. The van der Waals surface area contributed by atoms with Crippen LogP contribution in [0.4, 0.5) is 11.5 Å². The van der Waals surface area contributed by atoms with Gasteiger partial charge in [0.05, 0.1) is 16.7 Å². The van der Waals surface area contributed by atoms with Gasteiger partial charge in [0, 0.05) is 18.0 Å². The fourth-order valence-corrected chi connectivity index (χ4v) is 3.76. The first kappa shape index (κ1) is 14.5. The van der Waals surface area contributed by atoms with E-state index in [1.807, 2.05) is 24.3 Å². The van der Waals surface area contributed by atoms with E-state index in [1.165, 1.54) is 10.6 Å². The standard InChI is InChI=1S/C18H18N4S/c1-21(2)11-12-22-15-9-5-6-10-16(15)23-18-17(22)19-13-7-3-4-8-14(13)20-18/h3-10H,11-12H2,1-2H3. The van der Waals surface area contributed by atoms with Gasteiger partial charge in [-0.3, -0.25) is 0 Å². The summed E-state index contributed by atoms with van der Waals surface area (Å²) in [5.74, 6) is 0.967. The molecule has 0 saturated heterocycles. The molecule has 1 aliphatic heterocycles. The zero-order valence-electron chi connectivity index (χ0n) is 13.2. The molecule has 1 aromatic heterocycles. The third kappa shape index (κ3) is 2.66. The molecule has 0 fully saturated rings. The lowest BCUT2D eigenvalue weighted by Gasteiger charge is -2.32. The Morgan fingerprint density at radius 1 is 0.957 bits per heavy atom. The fourth-order valence-electron chi connectivity index (χ4n) is 2.73. The highest BCUT2D eigenvalue weighted by Crippen LogP contribution is 2.46. The van der Waals surface area contributed by atoms with Gasteiger partial charge in [-0.1, -0.05) is 36.0 Å². The Morgan fingerprint density at radius 2 is 1.65 bits per heavy atom. The number of likely N-dealkylation sites (N-methyl/N-ethyl adjacent to an activating group) is 1. The van der Waals surface area contributed by atoms with E-state index in [2.05, 4.69) is 48.2 Å². The van der Waals surface area contributed by atoms with Crippen molar-refractivity contribution < 1.29 is 0 Å². The second kappa shape index (κ2) is 5.83. The minimum atomic E-state index is 0.893. The van der Waals surface area contributed by atoms with Gasteiger partial charge in [-0.25, -0.2) is 9.97 Å². The van der Waals surface area contributed by atoms with Gasteiger partial charge in [0.15, 0.2) is 5.82 Å². The average molecular weight is 322 g/mol. The van der Waals surface area contributed by atoms with Gasteiger partial charge in [-0.15, -0.1) is 0 Å². The fraction of sp³-hybridized carbons (Fsp3) is 0.222. The Bertz CT molecular complexity index is 863. The third-order valence-electron chi connectivity index (χ3n) is 3.91. The largest absolute Gasteiger partial charge is 0.322 e. The van der Waals surface area contributed by atoms with E-state index in [0.717, 1.165) is 35.0 Å². The summed E-state index contributed by atoms with van der Waals surface area (Å²) >= 11 is 1.71. The molecular formula is C18H18N4S. The molecule has 0 N–H and O–H groups in total. The lowest BCUT2D eigenvalue weighted by molar-refractivity contribution is 0.418. The van der Waals surface area contributed by atoms with Crippen LogP contribution in [-0.2, 0) is 0 Å².